The van der Waals surface area contributed by atoms with Crippen LogP contribution in [0.1, 0.15) is 17.5 Å². The fraction of sp³-hybridized carbons (Fsp3) is 0.455. The van der Waals surface area contributed by atoms with E-state index < -0.39 is 0 Å². The number of alkyl halides is 1. The van der Waals surface area contributed by atoms with Crippen LogP contribution in [-0.4, -0.2) is 12.4 Å². The van der Waals surface area contributed by atoms with Crippen molar-refractivity contribution < 1.29 is 0 Å². The van der Waals surface area contributed by atoms with E-state index in [-0.39, 0.29) is 0 Å². The summed E-state index contributed by atoms with van der Waals surface area (Å²) in [6, 6.07) is 6.42. The lowest BCUT2D eigenvalue weighted by Crippen LogP contribution is -2.02. The average Bonchev–Trinajstić information content (AvgIpc) is 2.12. The zero-order valence-electron chi connectivity index (χ0n) is 8.23. The lowest BCUT2D eigenvalue weighted by Gasteiger charge is -2.07. The molecule has 1 N–H and O–H groups in total. The molecule has 0 aliphatic rings. The summed E-state index contributed by atoms with van der Waals surface area (Å²) in [5.41, 5.74) is 3.85. The molecule has 0 aliphatic carbocycles. The van der Waals surface area contributed by atoms with E-state index in [9.17, 15) is 0 Å². The molecule has 0 unspecified atom stereocenters. The molecular formula is C11H16ClN. The summed E-state index contributed by atoms with van der Waals surface area (Å²) in [6.45, 7) is 5.20. The first-order valence-corrected chi connectivity index (χ1v) is 5.14. The predicted octanol–water partition coefficient (Wildman–Crippen LogP) is 3.34. The number of rotatable bonds is 4. The van der Waals surface area contributed by atoms with E-state index in [1.165, 1.54) is 16.8 Å². The minimum Gasteiger partial charge on any atom is -0.385 e. The number of nitrogens with one attached hydrogen (secondary N) is 1. The van der Waals surface area contributed by atoms with Gasteiger partial charge in [0.05, 0.1) is 0 Å². The van der Waals surface area contributed by atoms with Crippen molar-refractivity contribution in [3.63, 3.8) is 0 Å². The highest BCUT2D eigenvalue weighted by Gasteiger charge is 1.94. The highest BCUT2D eigenvalue weighted by molar-refractivity contribution is 6.17. The summed E-state index contributed by atoms with van der Waals surface area (Å²) < 4.78 is 0. The van der Waals surface area contributed by atoms with Crippen molar-refractivity contribution in [1.29, 1.82) is 0 Å². The maximum Gasteiger partial charge on any atom is 0.0343 e. The van der Waals surface area contributed by atoms with Gasteiger partial charge < -0.3 is 5.32 Å². The molecule has 1 nitrogen and oxygen atoms in total. The van der Waals surface area contributed by atoms with E-state index in [2.05, 4.69) is 37.4 Å². The maximum absolute atomic E-state index is 5.58. The molecule has 0 bridgehead atoms. The molecule has 1 rings (SSSR count). The van der Waals surface area contributed by atoms with Gasteiger partial charge in [0.15, 0.2) is 0 Å². The second-order valence-corrected chi connectivity index (χ2v) is 3.65. The molecule has 0 saturated heterocycles. The fourth-order valence-electron chi connectivity index (χ4n) is 1.15. The number of hydrogen-bond donors (Lipinski definition) is 1. The number of benzene rings is 1. The van der Waals surface area contributed by atoms with Crippen molar-refractivity contribution in [2.45, 2.75) is 20.3 Å². The summed E-state index contributed by atoms with van der Waals surface area (Å²) in [4.78, 5) is 0. The summed E-state index contributed by atoms with van der Waals surface area (Å²) >= 11 is 5.58. The molecule has 0 atom stereocenters. The van der Waals surface area contributed by atoms with Gasteiger partial charge in [0.1, 0.15) is 0 Å². The Morgan fingerprint density at radius 3 is 2.62 bits per heavy atom. The van der Waals surface area contributed by atoms with Gasteiger partial charge in [-0.25, -0.2) is 0 Å². The van der Waals surface area contributed by atoms with E-state index >= 15 is 0 Å². The SMILES string of the molecule is Cc1ccc(NCCCCl)cc1C. The minimum absolute atomic E-state index is 0.720. The quantitative estimate of drug-likeness (QED) is 0.577. The Hall–Kier alpha value is -0.690. The first-order chi connectivity index (χ1) is 6.24. The van der Waals surface area contributed by atoms with Gasteiger partial charge in [-0.1, -0.05) is 6.07 Å². The zero-order valence-corrected chi connectivity index (χ0v) is 8.99. The van der Waals surface area contributed by atoms with Crippen LogP contribution in [0.15, 0.2) is 18.2 Å². The minimum atomic E-state index is 0.720. The number of hydrogen-bond acceptors (Lipinski definition) is 1. The molecule has 0 radical (unpaired) electrons. The Morgan fingerprint density at radius 2 is 2.00 bits per heavy atom. The third kappa shape index (κ3) is 3.27. The van der Waals surface area contributed by atoms with Crippen LogP contribution in [0.4, 0.5) is 5.69 Å². The molecule has 2 heteroatoms. The van der Waals surface area contributed by atoms with Crippen molar-refractivity contribution in [3.05, 3.63) is 29.3 Å². The molecule has 13 heavy (non-hydrogen) atoms. The summed E-state index contributed by atoms with van der Waals surface area (Å²) in [5.74, 6) is 0.720. The van der Waals surface area contributed by atoms with E-state index in [0.29, 0.717) is 0 Å². The Morgan fingerprint density at radius 1 is 1.23 bits per heavy atom. The fourth-order valence-corrected chi connectivity index (χ4v) is 1.28. The molecular weight excluding hydrogens is 182 g/mol. The normalized spacial score (nSPS) is 10.1. The standard InChI is InChI=1S/C11H16ClN/c1-9-4-5-11(8-10(9)2)13-7-3-6-12/h4-5,8,13H,3,6-7H2,1-2H3. The number of aryl methyl sites for hydroxylation is 2. The van der Waals surface area contributed by atoms with Crippen LogP contribution in [0.3, 0.4) is 0 Å². The molecule has 1 aromatic rings. The Labute approximate surface area is 85.1 Å². The monoisotopic (exact) mass is 197 g/mol. The molecule has 0 spiro atoms. The van der Waals surface area contributed by atoms with E-state index in [0.717, 1.165) is 18.8 Å². The summed E-state index contributed by atoms with van der Waals surface area (Å²) in [6.07, 6.45) is 1.01. The van der Waals surface area contributed by atoms with Crippen LogP contribution in [-0.2, 0) is 0 Å². The van der Waals surface area contributed by atoms with Crippen LogP contribution in [0, 0.1) is 13.8 Å². The molecule has 72 valence electrons. The van der Waals surface area contributed by atoms with Gasteiger partial charge in [-0.2, -0.15) is 0 Å². The van der Waals surface area contributed by atoms with Gasteiger partial charge >= 0.3 is 0 Å². The molecule has 0 aliphatic heterocycles. The van der Waals surface area contributed by atoms with E-state index in [4.69, 9.17) is 11.6 Å². The van der Waals surface area contributed by atoms with Crippen molar-refractivity contribution in [2.75, 3.05) is 17.7 Å². The first-order valence-electron chi connectivity index (χ1n) is 4.61. The Balaban J connectivity index is 2.53. The van der Waals surface area contributed by atoms with Gasteiger partial charge in [-0.15, -0.1) is 11.6 Å². The average molecular weight is 198 g/mol. The van der Waals surface area contributed by atoms with Crippen LogP contribution in [0.2, 0.25) is 0 Å². The van der Waals surface area contributed by atoms with E-state index in [1.54, 1.807) is 0 Å². The second kappa shape index (κ2) is 5.13. The Kier molecular flexibility index (Phi) is 4.10. The zero-order chi connectivity index (χ0) is 9.68. The van der Waals surface area contributed by atoms with Crippen LogP contribution >= 0.6 is 11.6 Å². The molecule has 0 fully saturated rings. The molecule has 0 aromatic heterocycles. The van der Waals surface area contributed by atoms with Crippen LogP contribution in [0.25, 0.3) is 0 Å². The van der Waals surface area contributed by atoms with Crippen molar-refractivity contribution in [2.24, 2.45) is 0 Å². The molecule has 1 aromatic carbocycles. The van der Waals surface area contributed by atoms with Gasteiger partial charge in [0.25, 0.3) is 0 Å². The third-order valence-electron chi connectivity index (χ3n) is 2.15. The number of halogens is 1. The van der Waals surface area contributed by atoms with Crippen molar-refractivity contribution in [1.82, 2.24) is 0 Å². The van der Waals surface area contributed by atoms with Gasteiger partial charge in [-0.3, -0.25) is 0 Å². The third-order valence-corrected chi connectivity index (χ3v) is 2.41. The summed E-state index contributed by atoms with van der Waals surface area (Å²) in [7, 11) is 0. The van der Waals surface area contributed by atoms with Crippen molar-refractivity contribution in [3.8, 4) is 0 Å². The lowest BCUT2D eigenvalue weighted by molar-refractivity contribution is 0.986. The maximum atomic E-state index is 5.58. The number of anilines is 1. The van der Waals surface area contributed by atoms with Crippen molar-refractivity contribution >= 4 is 17.3 Å². The molecule has 0 saturated carbocycles. The largest absolute Gasteiger partial charge is 0.385 e. The van der Waals surface area contributed by atoms with Crippen LogP contribution < -0.4 is 5.32 Å². The second-order valence-electron chi connectivity index (χ2n) is 3.27. The predicted molar refractivity (Wildman–Crippen MR) is 59.7 cm³/mol. The lowest BCUT2D eigenvalue weighted by atomic mass is 10.1. The van der Waals surface area contributed by atoms with Crippen LogP contribution in [0.5, 0.6) is 0 Å². The van der Waals surface area contributed by atoms with Gasteiger partial charge in [-0.05, 0) is 43.5 Å². The molecule has 0 amide bonds. The Bertz CT molecular complexity index is 271. The smallest absolute Gasteiger partial charge is 0.0343 e. The topological polar surface area (TPSA) is 12.0 Å². The highest BCUT2D eigenvalue weighted by Crippen LogP contribution is 2.13. The highest BCUT2D eigenvalue weighted by atomic mass is 35.5. The summed E-state index contributed by atoms with van der Waals surface area (Å²) in [5, 5.41) is 3.33. The first kappa shape index (κ1) is 10.4. The molecule has 0 heterocycles. The van der Waals surface area contributed by atoms with Gasteiger partial charge in [0, 0.05) is 18.1 Å². The van der Waals surface area contributed by atoms with E-state index in [1.807, 2.05) is 0 Å². The van der Waals surface area contributed by atoms with Gasteiger partial charge in [0.2, 0.25) is 0 Å².